The van der Waals surface area contributed by atoms with Gasteiger partial charge in [-0.2, -0.15) is 0 Å². The Morgan fingerprint density at radius 2 is 2.28 bits per heavy atom. The number of nitrogens with zero attached hydrogens (tertiary/aromatic N) is 1. The molecule has 1 unspecified atom stereocenters. The normalized spacial score (nSPS) is 19.0. The van der Waals surface area contributed by atoms with Crippen LogP contribution < -0.4 is 4.90 Å². The molecule has 0 aromatic heterocycles. The number of carbonyl (C=O) groups excluding carboxylic acids is 1. The van der Waals surface area contributed by atoms with Crippen LogP contribution >= 0.6 is 0 Å². The van der Waals surface area contributed by atoms with Crippen LogP contribution in [0.4, 0.5) is 5.69 Å². The average molecular weight is 249 g/mol. The van der Waals surface area contributed by atoms with E-state index in [2.05, 4.69) is 4.90 Å². The summed E-state index contributed by atoms with van der Waals surface area (Å²) in [5, 5.41) is 8.97. The van der Waals surface area contributed by atoms with Crippen molar-refractivity contribution in [2.24, 2.45) is 5.92 Å². The average Bonchev–Trinajstić information content (AvgIpc) is 2.87. The summed E-state index contributed by atoms with van der Waals surface area (Å²) in [6, 6.07) is 7.52. The molecule has 4 nitrogen and oxygen atoms in total. The highest BCUT2D eigenvalue weighted by atomic mass is 16.5. The topological polar surface area (TPSA) is 49.8 Å². The number of para-hydroxylation sites is 1. The minimum absolute atomic E-state index is 0.233. The molecular formula is C14H19NO3. The summed E-state index contributed by atoms with van der Waals surface area (Å²) in [5.41, 5.74) is 1.55. The zero-order chi connectivity index (χ0) is 13.0. The van der Waals surface area contributed by atoms with Crippen molar-refractivity contribution in [1.29, 1.82) is 0 Å². The highest BCUT2D eigenvalue weighted by molar-refractivity contribution is 5.95. The Labute approximate surface area is 107 Å². The van der Waals surface area contributed by atoms with Crippen LogP contribution in [0.3, 0.4) is 0 Å². The summed E-state index contributed by atoms with van der Waals surface area (Å²) in [6.45, 7) is 2.06. The molecule has 1 heterocycles. The van der Waals surface area contributed by atoms with Gasteiger partial charge in [-0.3, -0.25) is 0 Å². The predicted molar refractivity (Wildman–Crippen MR) is 69.8 cm³/mol. The molecule has 1 fully saturated rings. The van der Waals surface area contributed by atoms with Crippen LogP contribution in [-0.2, 0) is 4.74 Å². The molecule has 0 bridgehead atoms. The summed E-state index contributed by atoms with van der Waals surface area (Å²) in [7, 11) is 1.40. The Morgan fingerprint density at radius 1 is 1.50 bits per heavy atom. The van der Waals surface area contributed by atoms with Gasteiger partial charge in [0, 0.05) is 19.7 Å². The largest absolute Gasteiger partial charge is 0.465 e. The first kappa shape index (κ1) is 12.9. The van der Waals surface area contributed by atoms with E-state index in [0.717, 1.165) is 31.6 Å². The number of hydrogen-bond acceptors (Lipinski definition) is 4. The van der Waals surface area contributed by atoms with E-state index in [9.17, 15) is 4.79 Å². The molecule has 1 atom stereocenters. The lowest BCUT2D eigenvalue weighted by molar-refractivity contribution is 0.0601. The number of esters is 1. The van der Waals surface area contributed by atoms with Crippen molar-refractivity contribution in [3.63, 3.8) is 0 Å². The number of methoxy groups -OCH3 is 1. The molecular weight excluding hydrogens is 230 g/mol. The summed E-state index contributed by atoms with van der Waals surface area (Å²) in [5.74, 6) is 0.219. The highest BCUT2D eigenvalue weighted by Crippen LogP contribution is 2.28. The molecule has 2 rings (SSSR count). The van der Waals surface area contributed by atoms with Gasteiger partial charge in [-0.05, 0) is 30.9 Å². The third kappa shape index (κ3) is 2.64. The summed E-state index contributed by atoms with van der Waals surface area (Å²) in [6.07, 6.45) is 1.90. The van der Waals surface area contributed by atoms with E-state index in [1.54, 1.807) is 6.07 Å². The summed E-state index contributed by atoms with van der Waals surface area (Å²) >= 11 is 0. The Bertz CT molecular complexity index is 419. The second-order valence-electron chi connectivity index (χ2n) is 4.62. The van der Waals surface area contributed by atoms with E-state index >= 15 is 0 Å². The lowest BCUT2D eigenvalue weighted by Crippen LogP contribution is -2.22. The van der Waals surface area contributed by atoms with Gasteiger partial charge in [0.1, 0.15) is 0 Å². The first-order valence-electron chi connectivity index (χ1n) is 6.29. The van der Waals surface area contributed by atoms with Crippen molar-refractivity contribution in [3.05, 3.63) is 29.8 Å². The molecule has 1 N–H and O–H groups in total. The fraction of sp³-hybridized carbons (Fsp3) is 0.500. The third-order valence-electron chi connectivity index (χ3n) is 3.47. The number of benzene rings is 1. The van der Waals surface area contributed by atoms with Crippen molar-refractivity contribution >= 4 is 11.7 Å². The van der Waals surface area contributed by atoms with Gasteiger partial charge in [0.15, 0.2) is 0 Å². The molecule has 4 heteroatoms. The molecule has 1 aromatic rings. The minimum atomic E-state index is -0.295. The maximum absolute atomic E-state index is 11.7. The van der Waals surface area contributed by atoms with Crippen LogP contribution in [0.15, 0.2) is 24.3 Å². The van der Waals surface area contributed by atoms with Gasteiger partial charge in [-0.1, -0.05) is 12.1 Å². The first-order chi connectivity index (χ1) is 8.76. The molecule has 98 valence electrons. The van der Waals surface area contributed by atoms with Gasteiger partial charge in [-0.15, -0.1) is 0 Å². The van der Waals surface area contributed by atoms with E-state index in [4.69, 9.17) is 9.84 Å². The molecule has 0 aliphatic carbocycles. The number of anilines is 1. The van der Waals surface area contributed by atoms with E-state index in [1.165, 1.54) is 7.11 Å². The Morgan fingerprint density at radius 3 is 3.00 bits per heavy atom. The van der Waals surface area contributed by atoms with Crippen LogP contribution in [0.1, 0.15) is 23.2 Å². The van der Waals surface area contributed by atoms with Crippen LogP contribution in [-0.4, -0.2) is 37.9 Å². The van der Waals surface area contributed by atoms with E-state index in [-0.39, 0.29) is 12.6 Å². The van der Waals surface area contributed by atoms with Crippen LogP contribution in [0.2, 0.25) is 0 Å². The number of aliphatic hydroxyl groups is 1. The second-order valence-corrected chi connectivity index (χ2v) is 4.62. The Balaban J connectivity index is 2.16. The zero-order valence-electron chi connectivity index (χ0n) is 10.6. The van der Waals surface area contributed by atoms with Gasteiger partial charge >= 0.3 is 5.97 Å². The number of aliphatic hydroxyl groups excluding tert-OH is 1. The molecule has 1 aliphatic heterocycles. The van der Waals surface area contributed by atoms with Gasteiger partial charge in [0.05, 0.1) is 18.4 Å². The van der Waals surface area contributed by atoms with Gasteiger partial charge in [0.25, 0.3) is 0 Å². The minimum Gasteiger partial charge on any atom is -0.465 e. The molecule has 0 spiro atoms. The molecule has 0 radical (unpaired) electrons. The molecule has 1 saturated heterocycles. The van der Waals surface area contributed by atoms with Crippen LogP contribution in [0.5, 0.6) is 0 Å². The van der Waals surface area contributed by atoms with Gasteiger partial charge in [-0.25, -0.2) is 4.79 Å². The van der Waals surface area contributed by atoms with Gasteiger partial charge in [0.2, 0.25) is 0 Å². The number of ether oxygens (including phenoxy) is 1. The predicted octanol–water partition coefficient (Wildman–Crippen LogP) is 1.68. The number of rotatable bonds is 4. The third-order valence-corrected chi connectivity index (χ3v) is 3.47. The van der Waals surface area contributed by atoms with Crippen molar-refractivity contribution in [2.45, 2.75) is 12.8 Å². The zero-order valence-corrected chi connectivity index (χ0v) is 10.6. The SMILES string of the molecule is COC(=O)c1ccccc1N1CCC(CCO)C1. The summed E-state index contributed by atoms with van der Waals surface area (Å²) < 4.78 is 4.81. The fourth-order valence-corrected chi connectivity index (χ4v) is 2.50. The molecule has 0 saturated carbocycles. The first-order valence-corrected chi connectivity index (χ1v) is 6.29. The van der Waals surface area contributed by atoms with Crippen molar-refractivity contribution in [3.8, 4) is 0 Å². The monoisotopic (exact) mass is 249 g/mol. The van der Waals surface area contributed by atoms with Crippen molar-refractivity contribution in [1.82, 2.24) is 0 Å². The van der Waals surface area contributed by atoms with Crippen molar-refractivity contribution in [2.75, 3.05) is 31.7 Å². The van der Waals surface area contributed by atoms with Crippen LogP contribution in [0, 0.1) is 5.92 Å². The maximum atomic E-state index is 11.7. The smallest absolute Gasteiger partial charge is 0.339 e. The standard InChI is InChI=1S/C14H19NO3/c1-18-14(17)12-4-2-3-5-13(12)15-8-6-11(10-15)7-9-16/h2-5,11,16H,6-10H2,1H3. The lowest BCUT2D eigenvalue weighted by Gasteiger charge is -2.21. The van der Waals surface area contributed by atoms with Gasteiger partial charge < -0.3 is 14.7 Å². The summed E-state index contributed by atoms with van der Waals surface area (Å²) in [4.78, 5) is 13.9. The Hall–Kier alpha value is -1.55. The maximum Gasteiger partial charge on any atom is 0.339 e. The van der Waals surface area contributed by atoms with Crippen molar-refractivity contribution < 1.29 is 14.6 Å². The van der Waals surface area contributed by atoms with E-state index in [0.29, 0.717) is 11.5 Å². The molecule has 1 aromatic carbocycles. The van der Waals surface area contributed by atoms with Crippen LogP contribution in [0.25, 0.3) is 0 Å². The second kappa shape index (κ2) is 5.87. The number of carbonyl (C=O) groups is 1. The quantitative estimate of drug-likeness (QED) is 0.825. The molecule has 18 heavy (non-hydrogen) atoms. The number of hydrogen-bond donors (Lipinski definition) is 1. The van der Waals surface area contributed by atoms with E-state index in [1.807, 2.05) is 18.2 Å². The highest BCUT2D eigenvalue weighted by Gasteiger charge is 2.25. The molecule has 1 aliphatic rings. The molecule has 0 amide bonds. The van der Waals surface area contributed by atoms with E-state index < -0.39 is 0 Å². The lowest BCUT2D eigenvalue weighted by atomic mass is 10.1. The fourth-order valence-electron chi connectivity index (χ4n) is 2.50. The Kier molecular flexibility index (Phi) is 4.20.